The predicted molar refractivity (Wildman–Crippen MR) is 91.8 cm³/mol. The fourth-order valence-corrected chi connectivity index (χ4v) is 2.65. The van der Waals surface area contributed by atoms with Crippen molar-refractivity contribution in [3.8, 4) is 0 Å². The molecular weight excluding hydrogens is 326 g/mol. The number of anilines is 3. The lowest BCUT2D eigenvalue weighted by molar-refractivity contribution is -0.144. The van der Waals surface area contributed by atoms with Crippen molar-refractivity contribution in [3.63, 3.8) is 0 Å². The number of rotatable bonds is 6. The number of benzene rings is 1. The molecule has 0 unspecified atom stereocenters. The first-order chi connectivity index (χ1) is 11.7. The second-order valence-electron chi connectivity index (χ2n) is 4.84. The van der Waals surface area contributed by atoms with E-state index in [0.717, 1.165) is 10.6 Å². The van der Waals surface area contributed by atoms with Gasteiger partial charge >= 0.3 is 5.97 Å². The highest BCUT2D eigenvalue weighted by Crippen LogP contribution is 2.13. The molecule has 122 valence electrons. The molecule has 3 N–H and O–H groups in total. The van der Waals surface area contributed by atoms with Gasteiger partial charge in [-0.1, -0.05) is 24.3 Å². The van der Waals surface area contributed by atoms with E-state index >= 15 is 0 Å². The maximum Gasteiger partial charge on any atom is 0.311 e. The molecule has 1 aromatic carbocycles. The number of thiophene rings is 1. The minimum Gasteiger partial charge on any atom is -0.457 e. The maximum atomic E-state index is 11.8. The molecule has 2 aromatic heterocycles. The summed E-state index contributed by atoms with van der Waals surface area (Å²) in [7, 11) is 0. The smallest absolute Gasteiger partial charge is 0.311 e. The molecule has 24 heavy (non-hydrogen) atoms. The van der Waals surface area contributed by atoms with Crippen LogP contribution < -0.4 is 11.1 Å². The molecule has 0 atom stereocenters. The first kappa shape index (κ1) is 15.9. The number of nitrogens with two attached hydrogens (primary N) is 1. The van der Waals surface area contributed by atoms with Gasteiger partial charge in [-0.3, -0.25) is 4.79 Å². The van der Waals surface area contributed by atoms with Crippen LogP contribution in [-0.2, 0) is 22.6 Å². The van der Waals surface area contributed by atoms with E-state index in [1.165, 1.54) is 11.3 Å². The van der Waals surface area contributed by atoms with Crippen LogP contribution in [0.5, 0.6) is 0 Å². The number of nitrogens with zero attached hydrogens (tertiary/aromatic N) is 3. The summed E-state index contributed by atoms with van der Waals surface area (Å²) >= 11 is 1.51. The number of aromatic nitrogens is 3. The molecule has 0 spiro atoms. The van der Waals surface area contributed by atoms with Gasteiger partial charge in [0, 0.05) is 10.6 Å². The molecule has 3 aromatic rings. The molecule has 8 heteroatoms. The van der Waals surface area contributed by atoms with E-state index in [4.69, 9.17) is 10.5 Å². The van der Waals surface area contributed by atoms with Crippen LogP contribution in [0.1, 0.15) is 10.7 Å². The Morgan fingerprint density at radius 2 is 1.96 bits per heavy atom. The Morgan fingerprint density at radius 3 is 2.71 bits per heavy atom. The highest BCUT2D eigenvalue weighted by molar-refractivity contribution is 7.10. The number of carbonyl (C=O) groups excluding carboxylic acids is 1. The predicted octanol–water partition coefficient (Wildman–Crippen LogP) is 2.54. The molecule has 7 nitrogen and oxygen atoms in total. The van der Waals surface area contributed by atoms with Crippen LogP contribution in [0.25, 0.3) is 0 Å². The minimum absolute atomic E-state index is 0.0552. The van der Waals surface area contributed by atoms with E-state index in [9.17, 15) is 4.79 Å². The van der Waals surface area contributed by atoms with Gasteiger partial charge in [0.05, 0.1) is 6.42 Å². The molecule has 2 heterocycles. The molecule has 0 saturated heterocycles. The zero-order chi connectivity index (χ0) is 16.8. The third-order valence-electron chi connectivity index (χ3n) is 2.99. The van der Waals surface area contributed by atoms with Gasteiger partial charge in [-0.05, 0) is 23.6 Å². The summed E-state index contributed by atoms with van der Waals surface area (Å²) < 4.78 is 5.19. The zero-order valence-electron chi connectivity index (χ0n) is 12.7. The summed E-state index contributed by atoms with van der Waals surface area (Å²) in [6.45, 7) is -0.0552. The molecule has 0 fully saturated rings. The van der Waals surface area contributed by atoms with Gasteiger partial charge in [-0.2, -0.15) is 15.0 Å². The van der Waals surface area contributed by atoms with Crippen LogP contribution in [0.2, 0.25) is 0 Å². The minimum atomic E-state index is -0.339. The SMILES string of the molecule is Nc1nc(COC(=O)Cc2cccs2)nc(Nc2ccccc2)n1. The third-order valence-corrected chi connectivity index (χ3v) is 3.87. The van der Waals surface area contributed by atoms with Gasteiger partial charge in [0.25, 0.3) is 0 Å². The van der Waals surface area contributed by atoms with E-state index in [2.05, 4.69) is 20.3 Å². The average molecular weight is 341 g/mol. The van der Waals surface area contributed by atoms with Gasteiger partial charge in [0.15, 0.2) is 12.4 Å². The Morgan fingerprint density at radius 1 is 1.12 bits per heavy atom. The quantitative estimate of drug-likeness (QED) is 0.664. The number of nitrogens with one attached hydrogen (secondary N) is 1. The molecule has 3 rings (SSSR count). The number of ether oxygens (including phenoxy) is 1. The number of hydrogen-bond acceptors (Lipinski definition) is 8. The van der Waals surface area contributed by atoms with Crippen molar-refractivity contribution in [3.05, 3.63) is 58.5 Å². The van der Waals surface area contributed by atoms with Crippen molar-refractivity contribution in [1.82, 2.24) is 15.0 Å². The van der Waals surface area contributed by atoms with Crippen molar-refractivity contribution < 1.29 is 9.53 Å². The monoisotopic (exact) mass is 341 g/mol. The summed E-state index contributed by atoms with van der Waals surface area (Å²) in [5.41, 5.74) is 6.51. The van der Waals surface area contributed by atoms with Crippen molar-refractivity contribution in [2.24, 2.45) is 0 Å². The molecule has 0 aliphatic rings. The Kier molecular flexibility index (Phi) is 4.97. The van der Waals surface area contributed by atoms with E-state index in [1.54, 1.807) is 0 Å². The largest absolute Gasteiger partial charge is 0.457 e. The number of carbonyl (C=O) groups is 1. The van der Waals surface area contributed by atoms with Crippen LogP contribution >= 0.6 is 11.3 Å². The fourth-order valence-electron chi connectivity index (χ4n) is 1.96. The van der Waals surface area contributed by atoms with Crippen LogP contribution in [0.3, 0.4) is 0 Å². The molecule has 0 saturated carbocycles. The Hall–Kier alpha value is -3.00. The van der Waals surface area contributed by atoms with Crippen molar-refractivity contribution in [2.75, 3.05) is 11.1 Å². The van der Waals surface area contributed by atoms with Crippen molar-refractivity contribution in [2.45, 2.75) is 13.0 Å². The lowest BCUT2D eigenvalue weighted by Crippen LogP contribution is -2.12. The average Bonchev–Trinajstić information content (AvgIpc) is 3.06. The standard InChI is InChI=1S/C16H15N5O2S/c17-15-19-13(10-23-14(22)9-12-7-4-8-24-12)20-16(21-15)18-11-5-2-1-3-6-11/h1-8H,9-10H2,(H3,17,18,19,20,21). The summed E-state index contributed by atoms with van der Waals surface area (Å²) in [6, 6.07) is 13.2. The summed E-state index contributed by atoms with van der Waals surface area (Å²) in [6.07, 6.45) is 0.230. The van der Waals surface area contributed by atoms with Crippen LogP contribution in [0, 0.1) is 0 Å². The zero-order valence-corrected chi connectivity index (χ0v) is 13.5. The van der Waals surface area contributed by atoms with Crippen LogP contribution in [0.4, 0.5) is 17.6 Å². The molecule has 0 bridgehead atoms. The lowest BCUT2D eigenvalue weighted by atomic mass is 10.3. The molecule has 0 radical (unpaired) electrons. The van der Waals surface area contributed by atoms with Crippen molar-refractivity contribution in [1.29, 1.82) is 0 Å². The first-order valence-corrected chi connectivity index (χ1v) is 8.07. The number of esters is 1. The normalized spacial score (nSPS) is 10.3. The Bertz CT molecular complexity index is 809. The number of nitrogen functional groups attached to an aromatic ring is 1. The maximum absolute atomic E-state index is 11.8. The summed E-state index contributed by atoms with van der Waals surface area (Å²) in [5.74, 6) is 0.320. The van der Waals surface area contributed by atoms with E-state index < -0.39 is 0 Å². The highest BCUT2D eigenvalue weighted by Gasteiger charge is 2.10. The Labute approximate surface area is 142 Å². The number of hydrogen-bond donors (Lipinski definition) is 2. The fraction of sp³-hybridized carbons (Fsp3) is 0.125. The van der Waals surface area contributed by atoms with Crippen LogP contribution in [-0.4, -0.2) is 20.9 Å². The first-order valence-electron chi connectivity index (χ1n) is 7.19. The molecule has 0 aliphatic heterocycles. The van der Waals surface area contributed by atoms with Gasteiger partial charge in [-0.25, -0.2) is 0 Å². The second-order valence-corrected chi connectivity index (χ2v) is 5.87. The van der Waals surface area contributed by atoms with Gasteiger partial charge in [0.2, 0.25) is 11.9 Å². The van der Waals surface area contributed by atoms with E-state index in [1.807, 2.05) is 47.8 Å². The molecule has 0 aliphatic carbocycles. The van der Waals surface area contributed by atoms with E-state index in [0.29, 0.717) is 11.8 Å². The summed E-state index contributed by atoms with van der Waals surface area (Å²) in [5, 5.41) is 4.94. The lowest BCUT2D eigenvalue weighted by Gasteiger charge is -2.07. The summed E-state index contributed by atoms with van der Waals surface area (Å²) in [4.78, 5) is 25.0. The topological polar surface area (TPSA) is 103 Å². The third kappa shape index (κ3) is 4.50. The van der Waals surface area contributed by atoms with Gasteiger partial charge in [0.1, 0.15) is 0 Å². The van der Waals surface area contributed by atoms with Crippen LogP contribution in [0.15, 0.2) is 47.8 Å². The van der Waals surface area contributed by atoms with Crippen molar-refractivity contribution >= 4 is 34.9 Å². The molecular formula is C16H15N5O2S. The van der Waals surface area contributed by atoms with Gasteiger partial charge < -0.3 is 15.8 Å². The Balaban J connectivity index is 1.62. The number of para-hydroxylation sites is 1. The second kappa shape index (κ2) is 7.51. The highest BCUT2D eigenvalue weighted by atomic mass is 32.1. The van der Waals surface area contributed by atoms with Gasteiger partial charge in [-0.15, -0.1) is 11.3 Å². The molecule has 0 amide bonds. The van der Waals surface area contributed by atoms with E-state index in [-0.39, 0.29) is 24.9 Å².